The van der Waals surface area contributed by atoms with Gasteiger partial charge in [0.15, 0.2) is 0 Å². The molecule has 0 amide bonds. The summed E-state index contributed by atoms with van der Waals surface area (Å²) in [6.45, 7) is 1.99. The number of nitrogens with one attached hydrogen (secondary N) is 1. The molecule has 3 heteroatoms. The van der Waals surface area contributed by atoms with E-state index in [0.717, 1.165) is 24.1 Å². The highest BCUT2D eigenvalue weighted by Gasteiger charge is 2.42. The first-order chi connectivity index (χ1) is 8.17. The zero-order valence-corrected chi connectivity index (χ0v) is 10.3. The van der Waals surface area contributed by atoms with Gasteiger partial charge in [0.1, 0.15) is 0 Å². The number of hydrogen-bond acceptors (Lipinski definition) is 3. The Morgan fingerprint density at radius 1 is 1.35 bits per heavy atom. The molecule has 2 saturated heterocycles. The number of hydrogen-bond donors (Lipinski definition) is 2. The van der Waals surface area contributed by atoms with Crippen molar-refractivity contribution in [1.82, 2.24) is 10.3 Å². The Balaban J connectivity index is 1.93. The van der Waals surface area contributed by atoms with Gasteiger partial charge in [0, 0.05) is 29.5 Å². The monoisotopic (exact) mass is 232 g/mol. The van der Waals surface area contributed by atoms with E-state index in [-0.39, 0.29) is 0 Å². The minimum Gasteiger partial charge on any atom is -0.385 e. The van der Waals surface area contributed by atoms with Crippen molar-refractivity contribution in [3.63, 3.8) is 0 Å². The zero-order chi connectivity index (χ0) is 11.9. The maximum absolute atomic E-state index is 10.9. The maximum Gasteiger partial charge on any atom is 0.0943 e. The lowest BCUT2D eigenvalue weighted by Crippen LogP contribution is -2.54. The van der Waals surface area contributed by atoms with Gasteiger partial charge in [-0.05, 0) is 38.7 Å². The van der Waals surface area contributed by atoms with Crippen molar-refractivity contribution < 1.29 is 5.11 Å². The predicted octanol–water partition coefficient (Wildman–Crippen LogP) is 1.88. The van der Waals surface area contributed by atoms with E-state index in [2.05, 4.69) is 10.3 Å². The van der Waals surface area contributed by atoms with E-state index in [1.807, 2.05) is 19.1 Å². The molecule has 0 aromatic carbocycles. The highest BCUT2D eigenvalue weighted by molar-refractivity contribution is 5.27. The molecule has 2 aliphatic heterocycles. The average Bonchev–Trinajstić information content (AvgIpc) is 2.28. The van der Waals surface area contributed by atoms with Crippen LogP contribution in [0.4, 0.5) is 0 Å². The number of piperidine rings is 2. The van der Waals surface area contributed by atoms with Gasteiger partial charge in [-0.2, -0.15) is 0 Å². The van der Waals surface area contributed by atoms with Gasteiger partial charge in [-0.1, -0.05) is 12.5 Å². The molecule has 1 aromatic heterocycles. The van der Waals surface area contributed by atoms with Crippen LogP contribution in [-0.2, 0) is 5.60 Å². The number of aryl methyl sites for hydroxylation is 1. The molecular formula is C14H20N2O. The first kappa shape index (κ1) is 11.2. The van der Waals surface area contributed by atoms with Gasteiger partial charge in [-0.25, -0.2) is 0 Å². The first-order valence-electron chi connectivity index (χ1n) is 6.58. The number of fused-ring (bicyclic) bond motifs is 2. The zero-order valence-electron chi connectivity index (χ0n) is 10.3. The van der Waals surface area contributed by atoms with Crippen LogP contribution < -0.4 is 5.32 Å². The van der Waals surface area contributed by atoms with Gasteiger partial charge in [0.05, 0.1) is 5.60 Å². The molecule has 2 aliphatic rings. The smallest absolute Gasteiger partial charge is 0.0943 e. The Morgan fingerprint density at radius 2 is 2.06 bits per heavy atom. The standard InChI is InChI=1S/C14H20N2O/c1-10-13(6-3-7-15-10)14(17)8-11-4-2-5-12(9-14)16-11/h3,6-7,11-12,16-17H,2,4-5,8-9H2,1H3. The quantitative estimate of drug-likeness (QED) is 0.777. The second kappa shape index (κ2) is 4.07. The van der Waals surface area contributed by atoms with Gasteiger partial charge in [-0.3, -0.25) is 4.98 Å². The van der Waals surface area contributed by atoms with Crippen LogP contribution in [0, 0.1) is 6.92 Å². The summed E-state index contributed by atoms with van der Waals surface area (Å²) >= 11 is 0. The fourth-order valence-corrected chi connectivity index (χ4v) is 3.53. The molecular weight excluding hydrogens is 212 g/mol. The van der Waals surface area contributed by atoms with Crippen LogP contribution in [-0.4, -0.2) is 22.2 Å². The van der Waals surface area contributed by atoms with Gasteiger partial charge in [0.2, 0.25) is 0 Å². The highest BCUT2D eigenvalue weighted by atomic mass is 16.3. The van der Waals surface area contributed by atoms with E-state index >= 15 is 0 Å². The molecule has 3 nitrogen and oxygen atoms in total. The SMILES string of the molecule is Cc1ncccc1C1(O)CC2CCCC(C1)N2. The number of aromatic nitrogens is 1. The summed E-state index contributed by atoms with van der Waals surface area (Å²) in [4.78, 5) is 4.31. The van der Waals surface area contributed by atoms with Crippen molar-refractivity contribution in [2.24, 2.45) is 0 Å². The third kappa shape index (κ3) is 1.98. The normalized spacial score (nSPS) is 36.8. The van der Waals surface area contributed by atoms with E-state index in [1.54, 1.807) is 6.20 Å². The summed E-state index contributed by atoms with van der Waals surface area (Å²) in [5.41, 5.74) is 1.33. The molecule has 0 aliphatic carbocycles. The second-order valence-electron chi connectivity index (χ2n) is 5.57. The molecule has 3 heterocycles. The van der Waals surface area contributed by atoms with E-state index in [0.29, 0.717) is 12.1 Å². The summed E-state index contributed by atoms with van der Waals surface area (Å²) < 4.78 is 0. The van der Waals surface area contributed by atoms with E-state index < -0.39 is 5.60 Å². The minimum atomic E-state index is -0.667. The number of nitrogens with zero attached hydrogens (tertiary/aromatic N) is 1. The number of aliphatic hydroxyl groups is 1. The maximum atomic E-state index is 10.9. The van der Waals surface area contributed by atoms with Crippen molar-refractivity contribution in [1.29, 1.82) is 0 Å². The molecule has 2 N–H and O–H groups in total. The van der Waals surface area contributed by atoms with Gasteiger partial charge < -0.3 is 10.4 Å². The summed E-state index contributed by atoms with van der Waals surface area (Å²) in [7, 11) is 0. The molecule has 17 heavy (non-hydrogen) atoms. The second-order valence-corrected chi connectivity index (χ2v) is 5.57. The Hall–Kier alpha value is -0.930. The largest absolute Gasteiger partial charge is 0.385 e. The summed E-state index contributed by atoms with van der Waals surface area (Å²) in [5.74, 6) is 0. The van der Waals surface area contributed by atoms with Crippen molar-refractivity contribution in [3.05, 3.63) is 29.6 Å². The lowest BCUT2D eigenvalue weighted by atomic mass is 9.73. The lowest BCUT2D eigenvalue weighted by molar-refractivity contribution is -0.0366. The molecule has 92 valence electrons. The summed E-state index contributed by atoms with van der Waals surface area (Å²) in [6.07, 6.45) is 7.14. The molecule has 0 saturated carbocycles. The molecule has 0 spiro atoms. The van der Waals surface area contributed by atoms with Gasteiger partial charge >= 0.3 is 0 Å². The van der Waals surface area contributed by atoms with E-state index in [4.69, 9.17) is 0 Å². The molecule has 2 unspecified atom stereocenters. The number of pyridine rings is 1. The molecule has 2 fully saturated rings. The Morgan fingerprint density at radius 3 is 2.71 bits per heavy atom. The van der Waals surface area contributed by atoms with Crippen LogP contribution in [0.25, 0.3) is 0 Å². The van der Waals surface area contributed by atoms with Crippen LogP contribution in [0.5, 0.6) is 0 Å². The van der Waals surface area contributed by atoms with Crippen LogP contribution in [0.3, 0.4) is 0 Å². The molecule has 0 radical (unpaired) electrons. The fourth-order valence-electron chi connectivity index (χ4n) is 3.53. The number of rotatable bonds is 1. The van der Waals surface area contributed by atoms with Crippen molar-refractivity contribution >= 4 is 0 Å². The van der Waals surface area contributed by atoms with Crippen LogP contribution >= 0.6 is 0 Å². The van der Waals surface area contributed by atoms with Crippen molar-refractivity contribution in [2.45, 2.75) is 56.7 Å². The van der Waals surface area contributed by atoms with E-state index in [1.165, 1.54) is 19.3 Å². The predicted molar refractivity (Wildman–Crippen MR) is 66.7 cm³/mol. The Kier molecular flexibility index (Phi) is 2.68. The third-order valence-corrected chi connectivity index (χ3v) is 4.25. The average molecular weight is 232 g/mol. The molecule has 1 aromatic rings. The third-order valence-electron chi connectivity index (χ3n) is 4.25. The Labute approximate surface area is 102 Å². The van der Waals surface area contributed by atoms with Crippen molar-refractivity contribution in [3.8, 4) is 0 Å². The van der Waals surface area contributed by atoms with E-state index in [9.17, 15) is 5.11 Å². The van der Waals surface area contributed by atoms with Crippen molar-refractivity contribution in [2.75, 3.05) is 0 Å². The molecule has 2 bridgehead atoms. The summed E-state index contributed by atoms with van der Waals surface area (Å²) in [6, 6.07) is 4.92. The topological polar surface area (TPSA) is 45.2 Å². The lowest BCUT2D eigenvalue weighted by Gasteiger charge is -2.45. The summed E-state index contributed by atoms with van der Waals surface area (Å²) in [5, 5.41) is 14.6. The molecule has 3 rings (SSSR count). The van der Waals surface area contributed by atoms with Crippen LogP contribution in [0.15, 0.2) is 18.3 Å². The first-order valence-corrected chi connectivity index (χ1v) is 6.58. The Bertz CT molecular complexity index is 406. The fraction of sp³-hybridized carbons (Fsp3) is 0.643. The highest BCUT2D eigenvalue weighted by Crippen LogP contribution is 2.40. The van der Waals surface area contributed by atoms with Crippen LogP contribution in [0.2, 0.25) is 0 Å². The molecule has 2 atom stereocenters. The van der Waals surface area contributed by atoms with Gasteiger partial charge in [-0.15, -0.1) is 0 Å². The minimum absolute atomic E-state index is 0.479. The van der Waals surface area contributed by atoms with Gasteiger partial charge in [0.25, 0.3) is 0 Å². The van der Waals surface area contributed by atoms with Crippen LogP contribution in [0.1, 0.15) is 43.4 Å².